The number of unbranched alkanes of at least 4 members (excludes halogenated alkanes) is 4. The van der Waals surface area contributed by atoms with Crippen LogP contribution in [0.1, 0.15) is 51.1 Å². The van der Waals surface area contributed by atoms with Gasteiger partial charge >= 0.3 is 5.97 Å². The summed E-state index contributed by atoms with van der Waals surface area (Å²) in [5, 5.41) is 8.57. The van der Waals surface area contributed by atoms with E-state index in [1.807, 2.05) is 6.20 Å². The van der Waals surface area contributed by atoms with E-state index in [1.165, 1.54) is 32.1 Å². The van der Waals surface area contributed by atoms with Crippen LogP contribution in [0.5, 0.6) is 0 Å². The van der Waals surface area contributed by atoms with Gasteiger partial charge in [0.1, 0.15) is 0 Å². The van der Waals surface area contributed by atoms with Gasteiger partial charge in [-0.05, 0) is 6.42 Å². The van der Waals surface area contributed by atoms with Gasteiger partial charge < -0.3 is 9.67 Å². The number of aromatic nitrogens is 2. The zero-order valence-corrected chi connectivity index (χ0v) is 10.6. The van der Waals surface area contributed by atoms with Gasteiger partial charge in [0.25, 0.3) is 0 Å². The van der Waals surface area contributed by atoms with Gasteiger partial charge in [0.2, 0.25) is 0 Å². The number of carboxylic acids is 1. The molecule has 1 N–H and O–H groups in total. The third-order valence-corrected chi connectivity index (χ3v) is 2.80. The molecule has 1 aromatic heterocycles. The van der Waals surface area contributed by atoms with Crippen molar-refractivity contribution in [2.75, 3.05) is 0 Å². The van der Waals surface area contributed by atoms with Crippen molar-refractivity contribution in [3.05, 3.63) is 18.2 Å². The minimum absolute atomic E-state index is 0.160. The third kappa shape index (κ3) is 6.09. The Kier molecular flexibility index (Phi) is 6.37. The van der Waals surface area contributed by atoms with Crippen molar-refractivity contribution in [1.82, 2.24) is 9.55 Å². The molecule has 1 rings (SSSR count). The van der Waals surface area contributed by atoms with Crippen molar-refractivity contribution in [3.63, 3.8) is 0 Å². The van der Waals surface area contributed by atoms with E-state index >= 15 is 0 Å². The maximum atomic E-state index is 10.4. The highest BCUT2D eigenvalue weighted by Crippen LogP contribution is 2.06. The van der Waals surface area contributed by atoms with E-state index < -0.39 is 5.97 Å². The fraction of sp³-hybridized carbons (Fsp3) is 0.692. The first-order chi connectivity index (χ1) is 8.22. The average Bonchev–Trinajstić information content (AvgIpc) is 2.74. The molecule has 4 nitrogen and oxygen atoms in total. The maximum Gasteiger partial charge on any atom is 0.303 e. The van der Waals surface area contributed by atoms with E-state index in [9.17, 15) is 4.79 Å². The fourth-order valence-electron chi connectivity index (χ4n) is 1.79. The quantitative estimate of drug-likeness (QED) is 0.673. The Balaban J connectivity index is 2.19. The van der Waals surface area contributed by atoms with Gasteiger partial charge in [-0.25, -0.2) is 4.98 Å². The fourth-order valence-corrected chi connectivity index (χ4v) is 1.79. The predicted molar refractivity (Wildman–Crippen MR) is 66.9 cm³/mol. The molecule has 0 saturated heterocycles. The van der Waals surface area contributed by atoms with Crippen LogP contribution in [0.25, 0.3) is 0 Å². The lowest BCUT2D eigenvalue weighted by molar-refractivity contribution is -0.136. The molecule has 1 heterocycles. The third-order valence-electron chi connectivity index (χ3n) is 2.80. The van der Waals surface area contributed by atoms with Gasteiger partial charge in [-0.3, -0.25) is 4.79 Å². The van der Waals surface area contributed by atoms with Gasteiger partial charge in [0, 0.05) is 19.2 Å². The molecule has 4 heteroatoms. The van der Waals surface area contributed by atoms with Crippen LogP contribution in [0.4, 0.5) is 0 Å². The van der Waals surface area contributed by atoms with Crippen LogP contribution in [0.15, 0.2) is 12.5 Å². The SMILES string of the molecule is CCCCCCCn1cnc(CCC(=O)O)c1. The van der Waals surface area contributed by atoms with Crippen molar-refractivity contribution in [2.45, 2.75) is 58.4 Å². The summed E-state index contributed by atoms with van der Waals surface area (Å²) in [5.41, 5.74) is 0.876. The van der Waals surface area contributed by atoms with Crippen molar-refractivity contribution in [2.24, 2.45) is 0 Å². The van der Waals surface area contributed by atoms with Crippen LogP contribution >= 0.6 is 0 Å². The molecule has 0 aliphatic rings. The molecule has 1 aromatic rings. The van der Waals surface area contributed by atoms with Gasteiger partial charge in [-0.15, -0.1) is 0 Å². The standard InChI is InChI=1S/C13H22N2O2/c1-2-3-4-5-6-9-15-10-12(14-11-15)7-8-13(16)17/h10-11H,2-9H2,1H3,(H,16,17). The monoisotopic (exact) mass is 238 g/mol. The number of aliphatic carboxylic acids is 1. The maximum absolute atomic E-state index is 10.4. The predicted octanol–water partition coefficient (Wildman–Crippen LogP) is 2.87. The summed E-state index contributed by atoms with van der Waals surface area (Å²) >= 11 is 0. The first-order valence-corrected chi connectivity index (χ1v) is 6.45. The number of hydrogen-bond acceptors (Lipinski definition) is 2. The van der Waals surface area contributed by atoms with E-state index in [2.05, 4.69) is 16.5 Å². The summed E-state index contributed by atoms with van der Waals surface area (Å²) in [6.07, 6.45) is 10.8. The van der Waals surface area contributed by atoms with Gasteiger partial charge in [-0.2, -0.15) is 0 Å². The van der Waals surface area contributed by atoms with Crippen LogP contribution in [0.2, 0.25) is 0 Å². The highest BCUT2D eigenvalue weighted by atomic mass is 16.4. The molecule has 0 aliphatic heterocycles. The molecule has 0 bridgehead atoms. The number of imidazole rings is 1. The molecule has 0 spiro atoms. The number of aryl methyl sites for hydroxylation is 2. The average molecular weight is 238 g/mol. The molecule has 0 saturated carbocycles. The zero-order valence-electron chi connectivity index (χ0n) is 10.6. The van der Waals surface area contributed by atoms with E-state index in [0.717, 1.165) is 12.2 Å². The second kappa shape index (κ2) is 7.87. The Morgan fingerprint density at radius 2 is 2.12 bits per heavy atom. The number of nitrogens with zero attached hydrogens (tertiary/aromatic N) is 2. The van der Waals surface area contributed by atoms with Crippen molar-refractivity contribution in [3.8, 4) is 0 Å². The molecule has 0 atom stereocenters. The Morgan fingerprint density at radius 1 is 1.35 bits per heavy atom. The van der Waals surface area contributed by atoms with Crippen molar-refractivity contribution >= 4 is 5.97 Å². The molecule has 17 heavy (non-hydrogen) atoms. The summed E-state index contributed by atoms with van der Waals surface area (Å²) in [7, 11) is 0. The Bertz CT molecular complexity index is 334. The topological polar surface area (TPSA) is 55.1 Å². The van der Waals surface area contributed by atoms with E-state index in [4.69, 9.17) is 5.11 Å². The second-order valence-corrected chi connectivity index (χ2v) is 4.41. The highest BCUT2D eigenvalue weighted by Gasteiger charge is 2.02. The summed E-state index contributed by atoms with van der Waals surface area (Å²) in [5.74, 6) is -0.765. The minimum Gasteiger partial charge on any atom is -0.481 e. The molecule has 0 unspecified atom stereocenters. The number of rotatable bonds is 9. The van der Waals surface area contributed by atoms with Crippen LogP contribution in [0, 0.1) is 0 Å². The Hall–Kier alpha value is -1.32. The minimum atomic E-state index is -0.765. The summed E-state index contributed by atoms with van der Waals surface area (Å²) in [6, 6.07) is 0. The van der Waals surface area contributed by atoms with Crippen LogP contribution in [-0.2, 0) is 17.8 Å². The van der Waals surface area contributed by atoms with E-state index in [-0.39, 0.29) is 6.42 Å². The van der Waals surface area contributed by atoms with E-state index in [1.54, 1.807) is 6.33 Å². The first kappa shape index (κ1) is 13.7. The molecular formula is C13H22N2O2. The highest BCUT2D eigenvalue weighted by molar-refractivity contribution is 5.66. The Labute approximate surface area is 103 Å². The normalized spacial score (nSPS) is 10.6. The Morgan fingerprint density at radius 3 is 2.82 bits per heavy atom. The van der Waals surface area contributed by atoms with E-state index in [0.29, 0.717) is 6.42 Å². The number of carboxylic acid groups (broad SMARTS) is 1. The van der Waals surface area contributed by atoms with Gasteiger partial charge in [0.15, 0.2) is 0 Å². The zero-order chi connectivity index (χ0) is 12.5. The molecule has 0 radical (unpaired) electrons. The lowest BCUT2D eigenvalue weighted by Gasteiger charge is -2.01. The largest absolute Gasteiger partial charge is 0.481 e. The van der Waals surface area contributed by atoms with Crippen LogP contribution in [0.3, 0.4) is 0 Å². The summed E-state index contributed by atoms with van der Waals surface area (Å²) in [6.45, 7) is 3.20. The second-order valence-electron chi connectivity index (χ2n) is 4.41. The van der Waals surface area contributed by atoms with Gasteiger partial charge in [-0.1, -0.05) is 32.6 Å². The molecule has 0 fully saturated rings. The summed E-state index contributed by atoms with van der Waals surface area (Å²) in [4.78, 5) is 14.6. The van der Waals surface area contributed by atoms with Gasteiger partial charge in [0.05, 0.1) is 18.4 Å². The molecule has 96 valence electrons. The number of carbonyl (C=O) groups is 1. The molecule has 0 aromatic carbocycles. The summed E-state index contributed by atoms with van der Waals surface area (Å²) < 4.78 is 2.06. The molecule has 0 aliphatic carbocycles. The number of hydrogen-bond donors (Lipinski definition) is 1. The van der Waals surface area contributed by atoms with Crippen molar-refractivity contribution < 1.29 is 9.90 Å². The first-order valence-electron chi connectivity index (χ1n) is 6.45. The van der Waals surface area contributed by atoms with Crippen molar-refractivity contribution in [1.29, 1.82) is 0 Å². The van der Waals surface area contributed by atoms with Crippen LogP contribution < -0.4 is 0 Å². The lowest BCUT2D eigenvalue weighted by atomic mass is 10.1. The smallest absolute Gasteiger partial charge is 0.303 e. The lowest BCUT2D eigenvalue weighted by Crippen LogP contribution is -1.98. The molecular weight excluding hydrogens is 216 g/mol. The van der Waals surface area contributed by atoms with Crippen LogP contribution in [-0.4, -0.2) is 20.6 Å². The molecule has 0 amide bonds.